The average molecular weight is 419 g/mol. The largest absolute Gasteiger partial charge is 0.497 e. The van der Waals surface area contributed by atoms with Crippen molar-refractivity contribution in [1.29, 1.82) is 0 Å². The lowest BCUT2D eigenvalue weighted by Crippen LogP contribution is -2.07. The number of ether oxygens (including phenoxy) is 3. The second-order valence-electron chi connectivity index (χ2n) is 5.16. The number of hydrogen-bond acceptors (Lipinski definition) is 7. The molecule has 0 aliphatic carbocycles. The van der Waals surface area contributed by atoms with Crippen LogP contribution >= 0.6 is 15.9 Å². The van der Waals surface area contributed by atoms with E-state index in [4.69, 9.17) is 18.7 Å². The van der Waals surface area contributed by atoms with Gasteiger partial charge in [-0.05, 0) is 36.4 Å². The Labute approximate surface area is 158 Å². The number of esters is 1. The summed E-state index contributed by atoms with van der Waals surface area (Å²) in [6.45, 7) is -0.141. The summed E-state index contributed by atoms with van der Waals surface area (Å²) in [6.07, 6.45) is 0. The zero-order chi connectivity index (χ0) is 18.5. The highest BCUT2D eigenvalue weighted by Crippen LogP contribution is 2.25. The van der Waals surface area contributed by atoms with Gasteiger partial charge in [0, 0.05) is 16.1 Å². The molecule has 0 N–H and O–H groups in total. The van der Waals surface area contributed by atoms with Crippen LogP contribution in [0.2, 0.25) is 0 Å². The van der Waals surface area contributed by atoms with E-state index in [1.165, 1.54) is 14.2 Å². The van der Waals surface area contributed by atoms with Gasteiger partial charge < -0.3 is 18.7 Å². The normalized spacial score (nSPS) is 10.4. The molecule has 26 heavy (non-hydrogen) atoms. The summed E-state index contributed by atoms with van der Waals surface area (Å²) in [4.78, 5) is 16.5. The number of rotatable bonds is 6. The van der Waals surface area contributed by atoms with Gasteiger partial charge in [0.2, 0.25) is 5.82 Å². The Kier molecular flexibility index (Phi) is 5.52. The highest BCUT2D eigenvalue weighted by molar-refractivity contribution is 9.10. The Morgan fingerprint density at radius 1 is 1.12 bits per heavy atom. The highest BCUT2D eigenvalue weighted by atomic mass is 79.9. The van der Waals surface area contributed by atoms with Crippen LogP contribution in [0, 0.1) is 0 Å². The third kappa shape index (κ3) is 4.02. The third-order valence-corrected chi connectivity index (χ3v) is 4.05. The summed E-state index contributed by atoms with van der Waals surface area (Å²) in [5, 5.41) is 3.89. The molecule has 1 aromatic heterocycles. The highest BCUT2D eigenvalue weighted by Gasteiger charge is 2.17. The van der Waals surface area contributed by atoms with Gasteiger partial charge in [-0.1, -0.05) is 21.1 Å². The molecular formula is C18H15BrN2O5. The first-order valence-corrected chi connectivity index (χ1v) is 8.37. The van der Waals surface area contributed by atoms with E-state index in [1.54, 1.807) is 18.2 Å². The number of halogens is 1. The number of nitrogens with zero attached hydrogens (tertiary/aromatic N) is 2. The van der Waals surface area contributed by atoms with Gasteiger partial charge in [-0.2, -0.15) is 4.98 Å². The van der Waals surface area contributed by atoms with Crippen LogP contribution in [-0.2, 0) is 11.3 Å². The summed E-state index contributed by atoms with van der Waals surface area (Å²) in [6, 6.07) is 12.3. The molecule has 0 radical (unpaired) electrons. The van der Waals surface area contributed by atoms with Gasteiger partial charge in [0.05, 0.1) is 14.2 Å². The molecular weight excluding hydrogens is 404 g/mol. The van der Waals surface area contributed by atoms with Crippen molar-refractivity contribution >= 4 is 21.9 Å². The molecule has 3 rings (SSSR count). The maximum absolute atomic E-state index is 12.3. The van der Waals surface area contributed by atoms with Gasteiger partial charge in [0.15, 0.2) is 6.61 Å². The summed E-state index contributed by atoms with van der Waals surface area (Å²) in [7, 11) is 3.00. The molecule has 0 amide bonds. The van der Waals surface area contributed by atoms with Crippen LogP contribution in [0.15, 0.2) is 51.5 Å². The molecule has 3 aromatic rings. The Hall–Kier alpha value is -2.87. The van der Waals surface area contributed by atoms with Crippen molar-refractivity contribution in [3.05, 3.63) is 58.4 Å². The van der Waals surface area contributed by atoms with E-state index in [0.717, 1.165) is 10.0 Å². The minimum Gasteiger partial charge on any atom is -0.497 e. The lowest BCUT2D eigenvalue weighted by Gasteiger charge is -2.09. The minimum absolute atomic E-state index is 0.141. The summed E-state index contributed by atoms with van der Waals surface area (Å²) >= 11 is 3.37. The van der Waals surface area contributed by atoms with Crippen LogP contribution < -0.4 is 9.47 Å². The number of carbonyl (C=O) groups excluding carboxylic acids is 1. The second-order valence-corrected chi connectivity index (χ2v) is 6.08. The van der Waals surface area contributed by atoms with Crippen LogP contribution in [0.5, 0.6) is 11.5 Å². The van der Waals surface area contributed by atoms with Crippen LogP contribution in [-0.4, -0.2) is 30.3 Å². The monoisotopic (exact) mass is 418 g/mol. The SMILES string of the molecule is COc1ccc(C(=O)OCc2nc(-c3ccc(Br)cc3)no2)c(OC)c1. The Morgan fingerprint density at radius 2 is 1.88 bits per heavy atom. The Morgan fingerprint density at radius 3 is 2.58 bits per heavy atom. The van der Waals surface area contributed by atoms with Crippen LogP contribution in [0.1, 0.15) is 16.2 Å². The quantitative estimate of drug-likeness (QED) is 0.561. The smallest absolute Gasteiger partial charge is 0.342 e. The molecule has 0 saturated carbocycles. The maximum Gasteiger partial charge on any atom is 0.342 e. The van der Waals surface area contributed by atoms with E-state index in [0.29, 0.717) is 17.3 Å². The van der Waals surface area contributed by atoms with Crippen LogP contribution in [0.4, 0.5) is 0 Å². The van der Waals surface area contributed by atoms with E-state index in [-0.39, 0.29) is 18.1 Å². The minimum atomic E-state index is -0.562. The fraction of sp³-hybridized carbons (Fsp3) is 0.167. The van der Waals surface area contributed by atoms with E-state index < -0.39 is 5.97 Å². The van der Waals surface area contributed by atoms with Crippen molar-refractivity contribution in [3.8, 4) is 22.9 Å². The number of carbonyl (C=O) groups is 1. The number of hydrogen-bond donors (Lipinski definition) is 0. The summed E-state index contributed by atoms with van der Waals surface area (Å²) in [5.41, 5.74) is 1.08. The predicted molar refractivity (Wildman–Crippen MR) is 96.1 cm³/mol. The number of benzene rings is 2. The standard InChI is InChI=1S/C18H15BrN2O5/c1-23-13-7-8-14(15(9-13)24-2)18(22)25-10-16-20-17(21-26-16)11-3-5-12(19)6-4-11/h3-9H,10H2,1-2H3. The topological polar surface area (TPSA) is 83.7 Å². The molecule has 8 heteroatoms. The predicted octanol–water partition coefficient (Wildman–Crippen LogP) is 3.87. The average Bonchev–Trinajstić information content (AvgIpc) is 3.15. The van der Waals surface area contributed by atoms with Gasteiger partial charge in [-0.25, -0.2) is 4.79 Å². The fourth-order valence-electron chi connectivity index (χ4n) is 2.20. The van der Waals surface area contributed by atoms with Gasteiger partial charge >= 0.3 is 5.97 Å². The summed E-state index contributed by atoms with van der Waals surface area (Å²) in [5.74, 6) is 0.993. The molecule has 0 atom stereocenters. The Bertz CT molecular complexity index is 908. The first-order valence-electron chi connectivity index (χ1n) is 7.58. The number of aromatic nitrogens is 2. The van der Waals surface area contributed by atoms with Crippen LogP contribution in [0.25, 0.3) is 11.4 Å². The second kappa shape index (κ2) is 8.01. The molecule has 0 saturated heterocycles. The molecule has 0 spiro atoms. The van der Waals surface area contributed by atoms with Gasteiger partial charge in [0.1, 0.15) is 17.1 Å². The molecule has 134 valence electrons. The first-order chi connectivity index (χ1) is 12.6. The summed E-state index contributed by atoms with van der Waals surface area (Å²) < 4.78 is 21.6. The van der Waals surface area contributed by atoms with Crippen molar-refractivity contribution < 1.29 is 23.5 Å². The molecule has 0 aliphatic heterocycles. The molecule has 0 fully saturated rings. The van der Waals surface area contributed by atoms with Gasteiger partial charge in [0.25, 0.3) is 5.89 Å². The third-order valence-electron chi connectivity index (χ3n) is 3.53. The van der Waals surface area contributed by atoms with Crippen molar-refractivity contribution in [1.82, 2.24) is 10.1 Å². The molecule has 2 aromatic carbocycles. The molecule has 0 unspecified atom stereocenters. The van der Waals surface area contributed by atoms with E-state index in [1.807, 2.05) is 24.3 Å². The lowest BCUT2D eigenvalue weighted by atomic mass is 10.2. The maximum atomic E-state index is 12.3. The Balaban J connectivity index is 1.68. The van der Waals surface area contributed by atoms with E-state index in [2.05, 4.69) is 26.1 Å². The molecule has 7 nitrogen and oxygen atoms in total. The fourth-order valence-corrected chi connectivity index (χ4v) is 2.47. The van der Waals surface area contributed by atoms with Gasteiger partial charge in [-0.3, -0.25) is 0 Å². The lowest BCUT2D eigenvalue weighted by molar-refractivity contribution is 0.0426. The van der Waals surface area contributed by atoms with Crippen molar-refractivity contribution in [2.75, 3.05) is 14.2 Å². The molecule has 0 bridgehead atoms. The van der Waals surface area contributed by atoms with Crippen molar-refractivity contribution in [3.63, 3.8) is 0 Å². The van der Waals surface area contributed by atoms with E-state index in [9.17, 15) is 4.79 Å². The zero-order valence-corrected chi connectivity index (χ0v) is 15.6. The first kappa shape index (κ1) is 17.9. The van der Waals surface area contributed by atoms with Gasteiger partial charge in [-0.15, -0.1) is 0 Å². The van der Waals surface area contributed by atoms with Crippen molar-refractivity contribution in [2.24, 2.45) is 0 Å². The van der Waals surface area contributed by atoms with Crippen LogP contribution in [0.3, 0.4) is 0 Å². The van der Waals surface area contributed by atoms with E-state index >= 15 is 0 Å². The molecule has 0 aliphatic rings. The number of methoxy groups -OCH3 is 2. The molecule has 1 heterocycles. The van der Waals surface area contributed by atoms with Crippen molar-refractivity contribution in [2.45, 2.75) is 6.61 Å². The zero-order valence-electron chi connectivity index (χ0n) is 14.1.